The molecule has 1 aliphatic heterocycles. The van der Waals surface area contributed by atoms with Crippen molar-refractivity contribution in [3.63, 3.8) is 0 Å². The fraction of sp³-hybridized carbons (Fsp3) is 0.333. The number of halogens is 2. The standard InChI is InChI=1S/C15H16FN3O4.ClH/c1-7-6-23-14-11(18-3-2-17)10(16)4-8-12(14)19(7)5-9(13(8)20)15(21)22;/h4-5,7,18H,2-3,6,17H2,1H3,(H,21,22);1H/t7-;/m0./s1. The lowest BCUT2D eigenvalue weighted by Crippen LogP contribution is -2.27. The lowest BCUT2D eigenvalue weighted by Gasteiger charge is -2.28. The van der Waals surface area contributed by atoms with Gasteiger partial charge in [0.15, 0.2) is 11.6 Å². The SMILES string of the molecule is C[C@H]1COc2c(NCCN)c(F)cc3c(=O)c(C(=O)O)cn1c23.Cl. The molecule has 1 aliphatic rings. The molecule has 1 aromatic heterocycles. The van der Waals surface area contributed by atoms with Gasteiger partial charge in [-0.25, -0.2) is 9.18 Å². The zero-order valence-corrected chi connectivity index (χ0v) is 13.7. The largest absolute Gasteiger partial charge is 0.487 e. The van der Waals surface area contributed by atoms with E-state index in [1.807, 2.05) is 6.92 Å². The van der Waals surface area contributed by atoms with Gasteiger partial charge in [-0.1, -0.05) is 0 Å². The molecule has 0 amide bonds. The topological polar surface area (TPSA) is 107 Å². The van der Waals surface area contributed by atoms with Crippen molar-refractivity contribution < 1.29 is 19.0 Å². The van der Waals surface area contributed by atoms with Crippen molar-refractivity contribution in [2.45, 2.75) is 13.0 Å². The van der Waals surface area contributed by atoms with Crippen LogP contribution in [0.3, 0.4) is 0 Å². The number of ether oxygens (including phenoxy) is 1. The van der Waals surface area contributed by atoms with Crippen LogP contribution in [-0.2, 0) is 0 Å². The van der Waals surface area contributed by atoms with Gasteiger partial charge in [0.1, 0.15) is 17.9 Å². The van der Waals surface area contributed by atoms with Gasteiger partial charge >= 0.3 is 5.97 Å². The molecule has 4 N–H and O–H groups in total. The van der Waals surface area contributed by atoms with Crippen molar-refractivity contribution >= 4 is 35.0 Å². The van der Waals surface area contributed by atoms with Gasteiger partial charge in [-0.3, -0.25) is 4.79 Å². The maximum atomic E-state index is 14.4. The zero-order chi connectivity index (χ0) is 16.7. The molecule has 3 rings (SSSR count). The lowest BCUT2D eigenvalue weighted by molar-refractivity contribution is 0.0694. The Morgan fingerprint density at radius 3 is 2.92 bits per heavy atom. The molecular weight excluding hydrogens is 341 g/mol. The number of aromatic nitrogens is 1. The maximum Gasteiger partial charge on any atom is 0.341 e. The molecule has 9 heteroatoms. The van der Waals surface area contributed by atoms with Crippen molar-refractivity contribution in [2.24, 2.45) is 5.73 Å². The summed E-state index contributed by atoms with van der Waals surface area (Å²) in [6, 6.07) is 0.862. The molecule has 0 saturated heterocycles. The molecule has 0 radical (unpaired) electrons. The van der Waals surface area contributed by atoms with Crippen molar-refractivity contribution in [3.8, 4) is 5.75 Å². The van der Waals surface area contributed by atoms with E-state index in [9.17, 15) is 19.1 Å². The highest BCUT2D eigenvalue weighted by atomic mass is 35.5. The monoisotopic (exact) mass is 357 g/mol. The van der Waals surface area contributed by atoms with Crippen LogP contribution in [0, 0.1) is 5.82 Å². The summed E-state index contributed by atoms with van der Waals surface area (Å²) in [6.45, 7) is 2.71. The van der Waals surface area contributed by atoms with Gasteiger partial charge in [-0.2, -0.15) is 0 Å². The van der Waals surface area contributed by atoms with Gasteiger partial charge < -0.3 is 25.5 Å². The highest BCUT2D eigenvalue weighted by Crippen LogP contribution is 2.39. The number of pyridine rings is 1. The van der Waals surface area contributed by atoms with Crippen LogP contribution >= 0.6 is 12.4 Å². The quantitative estimate of drug-likeness (QED) is 0.767. The van der Waals surface area contributed by atoms with E-state index in [1.165, 1.54) is 6.20 Å². The summed E-state index contributed by atoms with van der Waals surface area (Å²) < 4.78 is 21.6. The minimum absolute atomic E-state index is 0. The Bertz CT molecular complexity index is 868. The molecular formula is C15H17ClFN3O4. The number of hydrogen-bond acceptors (Lipinski definition) is 5. The van der Waals surface area contributed by atoms with Crippen LogP contribution in [0.5, 0.6) is 5.75 Å². The Morgan fingerprint density at radius 1 is 1.58 bits per heavy atom. The third-order valence-electron chi connectivity index (χ3n) is 3.84. The number of rotatable bonds is 4. The van der Waals surface area contributed by atoms with Gasteiger partial charge in [-0.15, -0.1) is 12.4 Å². The minimum Gasteiger partial charge on any atom is -0.487 e. The molecule has 1 atom stereocenters. The second-order valence-corrected chi connectivity index (χ2v) is 5.42. The summed E-state index contributed by atoms with van der Waals surface area (Å²) >= 11 is 0. The molecule has 0 bridgehead atoms. The smallest absolute Gasteiger partial charge is 0.341 e. The number of carboxylic acid groups (broad SMARTS) is 1. The first kappa shape index (κ1) is 18.0. The Morgan fingerprint density at radius 2 is 2.29 bits per heavy atom. The minimum atomic E-state index is -1.34. The van der Waals surface area contributed by atoms with Crippen LogP contribution in [0.2, 0.25) is 0 Å². The summed E-state index contributed by atoms with van der Waals surface area (Å²) in [5.41, 5.74) is 4.83. The zero-order valence-electron chi connectivity index (χ0n) is 12.8. The molecule has 0 saturated carbocycles. The van der Waals surface area contributed by atoms with Crippen molar-refractivity contribution in [1.29, 1.82) is 0 Å². The number of benzene rings is 1. The number of nitrogens with zero attached hydrogens (tertiary/aromatic N) is 1. The number of aromatic carboxylic acids is 1. The van der Waals surface area contributed by atoms with Crippen molar-refractivity contribution in [3.05, 3.63) is 33.9 Å². The Hall–Kier alpha value is -2.32. The summed E-state index contributed by atoms with van der Waals surface area (Å²) in [6.07, 6.45) is 1.29. The van der Waals surface area contributed by atoms with E-state index in [2.05, 4.69) is 5.32 Å². The first-order valence-electron chi connectivity index (χ1n) is 7.17. The third kappa shape index (κ3) is 2.67. The van der Waals surface area contributed by atoms with E-state index in [-0.39, 0.29) is 47.4 Å². The summed E-state index contributed by atoms with van der Waals surface area (Å²) in [5.74, 6) is -1.81. The molecule has 0 unspecified atom stereocenters. The van der Waals surface area contributed by atoms with Crippen LogP contribution < -0.4 is 21.2 Å². The van der Waals surface area contributed by atoms with Crippen LogP contribution in [0.4, 0.5) is 10.1 Å². The van der Waals surface area contributed by atoms with E-state index in [4.69, 9.17) is 10.5 Å². The second kappa shape index (κ2) is 6.66. The molecule has 0 aliphatic carbocycles. The third-order valence-corrected chi connectivity index (χ3v) is 3.84. The number of anilines is 1. The highest BCUT2D eigenvalue weighted by Gasteiger charge is 2.27. The first-order valence-corrected chi connectivity index (χ1v) is 7.17. The molecule has 0 fully saturated rings. The van der Waals surface area contributed by atoms with Crippen molar-refractivity contribution in [2.75, 3.05) is 25.0 Å². The van der Waals surface area contributed by atoms with E-state index in [1.54, 1.807) is 4.57 Å². The van der Waals surface area contributed by atoms with E-state index in [0.29, 0.717) is 18.6 Å². The Kier molecular flexibility index (Phi) is 5.00. The lowest BCUT2D eigenvalue weighted by atomic mass is 10.1. The average Bonchev–Trinajstić information content (AvgIpc) is 2.51. The van der Waals surface area contributed by atoms with Gasteiger partial charge in [0.05, 0.1) is 16.9 Å². The number of carbonyl (C=O) groups is 1. The highest BCUT2D eigenvalue weighted by molar-refractivity contribution is 5.97. The number of nitrogens with two attached hydrogens (primary N) is 1. The van der Waals surface area contributed by atoms with Crippen molar-refractivity contribution in [1.82, 2.24) is 4.57 Å². The van der Waals surface area contributed by atoms with Crippen LogP contribution in [0.25, 0.3) is 10.9 Å². The molecule has 2 aromatic rings. The maximum absolute atomic E-state index is 14.4. The summed E-state index contributed by atoms with van der Waals surface area (Å²) in [7, 11) is 0. The van der Waals surface area contributed by atoms with Crippen LogP contribution in [-0.4, -0.2) is 35.3 Å². The average molecular weight is 358 g/mol. The molecule has 130 valence electrons. The predicted octanol–water partition coefficient (Wildman–Crippen LogP) is 1.58. The summed E-state index contributed by atoms with van der Waals surface area (Å²) in [5, 5.41) is 12.0. The predicted molar refractivity (Wildman–Crippen MR) is 90.1 cm³/mol. The van der Waals surface area contributed by atoms with Gasteiger partial charge in [0.25, 0.3) is 0 Å². The van der Waals surface area contributed by atoms with E-state index >= 15 is 0 Å². The second-order valence-electron chi connectivity index (χ2n) is 5.42. The van der Waals surface area contributed by atoms with E-state index in [0.717, 1.165) is 6.07 Å². The number of nitrogens with one attached hydrogen (secondary N) is 1. The molecule has 7 nitrogen and oxygen atoms in total. The van der Waals surface area contributed by atoms with Crippen LogP contribution in [0.15, 0.2) is 17.1 Å². The summed E-state index contributed by atoms with van der Waals surface area (Å²) in [4.78, 5) is 23.6. The Balaban J connectivity index is 0.00000208. The number of hydrogen-bond donors (Lipinski definition) is 3. The van der Waals surface area contributed by atoms with E-state index < -0.39 is 17.2 Å². The fourth-order valence-electron chi connectivity index (χ4n) is 2.74. The Labute approximate surface area is 142 Å². The van der Waals surface area contributed by atoms with Crippen LogP contribution in [0.1, 0.15) is 23.3 Å². The molecule has 2 heterocycles. The fourth-order valence-corrected chi connectivity index (χ4v) is 2.74. The molecule has 24 heavy (non-hydrogen) atoms. The van der Waals surface area contributed by atoms with Gasteiger partial charge in [0, 0.05) is 19.3 Å². The molecule has 1 aromatic carbocycles. The van der Waals surface area contributed by atoms with Gasteiger partial charge in [-0.05, 0) is 13.0 Å². The number of carboxylic acids is 1. The molecule has 0 spiro atoms. The van der Waals surface area contributed by atoms with Gasteiger partial charge in [0.2, 0.25) is 5.43 Å². The first-order chi connectivity index (χ1) is 11.0. The normalized spacial score (nSPS) is 15.5.